The van der Waals surface area contributed by atoms with E-state index in [1.165, 1.54) is 13.0 Å². The van der Waals surface area contributed by atoms with Crippen LogP contribution in [-0.4, -0.2) is 47.1 Å². The van der Waals surface area contributed by atoms with Crippen molar-refractivity contribution in [1.29, 1.82) is 0 Å². The maximum absolute atomic E-state index is 14.4. The lowest BCUT2D eigenvalue weighted by atomic mass is 10.1. The van der Waals surface area contributed by atoms with Crippen molar-refractivity contribution < 1.29 is 13.6 Å². The Kier molecular flexibility index (Phi) is 5.16. The molecular formula is C21H21FN4O2. The lowest BCUT2D eigenvalue weighted by Crippen LogP contribution is -2.46. The first-order chi connectivity index (χ1) is 13.6. The number of halogens is 1. The molecule has 4 rings (SSSR count). The summed E-state index contributed by atoms with van der Waals surface area (Å²) < 4.78 is 20.1. The summed E-state index contributed by atoms with van der Waals surface area (Å²) in [5, 5.41) is 8.26. The Hall–Kier alpha value is -3.06. The number of hydrogen-bond donors (Lipinski definition) is 0. The fourth-order valence-electron chi connectivity index (χ4n) is 3.34. The molecule has 144 valence electrons. The van der Waals surface area contributed by atoms with E-state index in [-0.39, 0.29) is 11.6 Å². The van der Waals surface area contributed by atoms with E-state index in [0.29, 0.717) is 42.7 Å². The monoisotopic (exact) mass is 380 g/mol. The van der Waals surface area contributed by atoms with E-state index in [1.807, 2.05) is 35.2 Å². The van der Waals surface area contributed by atoms with Crippen LogP contribution in [-0.2, 0) is 6.54 Å². The summed E-state index contributed by atoms with van der Waals surface area (Å²) >= 11 is 0. The van der Waals surface area contributed by atoms with Gasteiger partial charge in [0.25, 0.3) is 0 Å². The Morgan fingerprint density at radius 2 is 1.82 bits per heavy atom. The molecule has 28 heavy (non-hydrogen) atoms. The lowest BCUT2D eigenvalue weighted by Gasteiger charge is -2.35. The summed E-state index contributed by atoms with van der Waals surface area (Å²) in [6, 6.07) is 14.3. The lowest BCUT2D eigenvalue weighted by molar-refractivity contribution is 0.101. The zero-order valence-corrected chi connectivity index (χ0v) is 15.6. The van der Waals surface area contributed by atoms with Gasteiger partial charge in [0.1, 0.15) is 5.82 Å². The van der Waals surface area contributed by atoms with Gasteiger partial charge >= 0.3 is 0 Å². The largest absolute Gasteiger partial charge is 0.419 e. The molecule has 2 aromatic carbocycles. The number of benzene rings is 2. The Balaban J connectivity index is 1.36. The van der Waals surface area contributed by atoms with Gasteiger partial charge in [-0.1, -0.05) is 18.2 Å². The molecule has 3 aromatic rings. The van der Waals surface area contributed by atoms with E-state index in [4.69, 9.17) is 4.42 Å². The van der Waals surface area contributed by atoms with Gasteiger partial charge in [-0.15, -0.1) is 10.2 Å². The highest BCUT2D eigenvalue weighted by atomic mass is 19.1. The van der Waals surface area contributed by atoms with Gasteiger partial charge in [0, 0.05) is 37.3 Å². The Morgan fingerprint density at radius 1 is 1.07 bits per heavy atom. The minimum Gasteiger partial charge on any atom is -0.419 e. The minimum absolute atomic E-state index is 0.135. The molecule has 7 heteroatoms. The molecule has 0 unspecified atom stereocenters. The summed E-state index contributed by atoms with van der Waals surface area (Å²) in [6.45, 7) is 4.91. The van der Waals surface area contributed by atoms with Gasteiger partial charge in [0.05, 0.1) is 12.2 Å². The zero-order valence-electron chi connectivity index (χ0n) is 15.6. The number of piperazine rings is 1. The number of carbonyl (C=O) groups excluding carboxylic acids is 1. The normalized spacial score (nSPS) is 15.0. The number of hydrogen-bond acceptors (Lipinski definition) is 6. The van der Waals surface area contributed by atoms with Crippen molar-refractivity contribution >= 4 is 11.5 Å². The van der Waals surface area contributed by atoms with Crippen molar-refractivity contribution in [3.63, 3.8) is 0 Å². The van der Waals surface area contributed by atoms with E-state index in [0.717, 1.165) is 18.7 Å². The molecule has 1 aliphatic heterocycles. The second-order valence-corrected chi connectivity index (χ2v) is 6.85. The number of aromatic nitrogens is 2. The molecule has 6 nitrogen and oxygen atoms in total. The number of rotatable bonds is 5. The average Bonchev–Trinajstić information content (AvgIpc) is 3.18. The molecular weight excluding hydrogens is 359 g/mol. The third kappa shape index (κ3) is 3.94. The molecule has 0 bridgehead atoms. The second-order valence-electron chi connectivity index (χ2n) is 6.85. The van der Waals surface area contributed by atoms with E-state index in [9.17, 15) is 9.18 Å². The van der Waals surface area contributed by atoms with Crippen LogP contribution in [0.3, 0.4) is 0 Å². The number of nitrogens with zero attached hydrogens (tertiary/aromatic N) is 4. The van der Waals surface area contributed by atoms with Gasteiger partial charge in [-0.25, -0.2) is 4.39 Å². The maximum Gasteiger partial charge on any atom is 0.247 e. The van der Waals surface area contributed by atoms with Gasteiger partial charge in [-0.05, 0) is 37.3 Å². The Labute approximate surface area is 162 Å². The zero-order chi connectivity index (χ0) is 19.5. The highest BCUT2D eigenvalue weighted by Gasteiger charge is 2.21. The fraction of sp³-hybridized carbons (Fsp3) is 0.286. The van der Waals surface area contributed by atoms with Crippen LogP contribution in [0, 0.1) is 5.82 Å². The van der Waals surface area contributed by atoms with Gasteiger partial charge in [0.15, 0.2) is 5.78 Å². The molecule has 0 N–H and O–H groups in total. The Morgan fingerprint density at radius 3 is 2.50 bits per heavy atom. The molecule has 0 spiro atoms. The van der Waals surface area contributed by atoms with Crippen molar-refractivity contribution in [3.8, 4) is 11.5 Å². The number of ketones is 1. The molecule has 0 amide bonds. The quantitative estimate of drug-likeness (QED) is 0.632. The van der Waals surface area contributed by atoms with E-state index in [2.05, 4.69) is 15.1 Å². The van der Waals surface area contributed by atoms with Crippen LogP contribution in [0.4, 0.5) is 10.1 Å². The highest BCUT2D eigenvalue weighted by molar-refractivity contribution is 5.94. The van der Waals surface area contributed by atoms with Crippen LogP contribution in [0.25, 0.3) is 11.5 Å². The van der Waals surface area contributed by atoms with Crippen LogP contribution in [0.1, 0.15) is 23.2 Å². The van der Waals surface area contributed by atoms with Crippen molar-refractivity contribution in [2.24, 2.45) is 0 Å². The molecule has 1 aromatic heterocycles. The molecule has 1 saturated heterocycles. The van der Waals surface area contributed by atoms with E-state index in [1.54, 1.807) is 12.1 Å². The molecule has 1 aliphatic rings. The number of Topliss-reactive ketones (excluding diaryl/α,β-unsaturated/α-hetero) is 1. The molecule has 1 fully saturated rings. The summed E-state index contributed by atoms with van der Waals surface area (Å²) in [7, 11) is 0. The number of anilines is 1. The third-order valence-corrected chi connectivity index (χ3v) is 4.91. The van der Waals surface area contributed by atoms with Gasteiger partial charge in [0.2, 0.25) is 11.8 Å². The summed E-state index contributed by atoms with van der Waals surface area (Å²) in [5.74, 6) is 0.599. The van der Waals surface area contributed by atoms with Gasteiger partial charge in [-0.3, -0.25) is 9.69 Å². The van der Waals surface area contributed by atoms with Crippen molar-refractivity contribution in [3.05, 3.63) is 65.8 Å². The van der Waals surface area contributed by atoms with Crippen LogP contribution in [0.15, 0.2) is 52.9 Å². The third-order valence-electron chi connectivity index (χ3n) is 4.91. The predicted octanol–water partition coefficient (Wildman–Crippen LogP) is 3.40. The topological polar surface area (TPSA) is 62.5 Å². The van der Waals surface area contributed by atoms with Crippen molar-refractivity contribution in [2.45, 2.75) is 13.5 Å². The second kappa shape index (κ2) is 7.90. The minimum atomic E-state index is -0.356. The van der Waals surface area contributed by atoms with Crippen LogP contribution in [0.5, 0.6) is 0 Å². The first-order valence-corrected chi connectivity index (χ1v) is 9.26. The number of carbonyl (C=O) groups is 1. The molecule has 0 aliphatic carbocycles. The van der Waals surface area contributed by atoms with Crippen LogP contribution < -0.4 is 4.90 Å². The summed E-state index contributed by atoms with van der Waals surface area (Å²) in [4.78, 5) is 15.6. The SMILES string of the molecule is CC(=O)c1ccc(N2CCN(Cc3nnc(-c4ccccc4)o3)CC2)c(F)c1. The standard InChI is InChI=1S/C21H21FN4O2/c1-15(27)17-7-8-19(18(22)13-17)26-11-9-25(10-12-26)14-20-23-24-21(28-20)16-5-3-2-4-6-16/h2-8,13H,9-12,14H2,1H3. The highest BCUT2D eigenvalue weighted by Crippen LogP contribution is 2.23. The van der Waals surface area contributed by atoms with E-state index < -0.39 is 0 Å². The predicted molar refractivity (Wildman–Crippen MR) is 104 cm³/mol. The molecule has 0 saturated carbocycles. The van der Waals surface area contributed by atoms with Crippen LogP contribution in [0.2, 0.25) is 0 Å². The average molecular weight is 380 g/mol. The smallest absolute Gasteiger partial charge is 0.247 e. The Bertz CT molecular complexity index is 966. The van der Waals surface area contributed by atoms with Crippen LogP contribution >= 0.6 is 0 Å². The molecule has 0 atom stereocenters. The van der Waals surface area contributed by atoms with Gasteiger partial charge < -0.3 is 9.32 Å². The molecule has 0 radical (unpaired) electrons. The first kappa shape index (κ1) is 18.3. The van der Waals surface area contributed by atoms with E-state index >= 15 is 0 Å². The maximum atomic E-state index is 14.4. The first-order valence-electron chi connectivity index (χ1n) is 9.26. The summed E-state index contributed by atoms with van der Waals surface area (Å²) in [5.41, 5.74) is 1.83. The fourth-order valence-corrected chi connectivity index (χ4v) is 3.34. The molecule has 2 heterocycles. The van der Waals surface area contributed by atoms with Gasteiger partial charge in [-0.2, -0.15) is 0 Å². The van der Waals surface area contributed by atoms with Crippen molar-refractivity contribution in [2.75, 3.05) is 31.1 Å². The summed E-state index contributed by atoms with van der Waals surface area (Å²) in [6.07, 6.45) is 0. The van der Waals surface area contributed by atoms with Crippen molar-refractivity contribution in [1.82, 2.24) is 15.1 Å².